The highest BCUT2D eigenvalue weighted by atomic mass is 16.5. The van der Waals surface area contributed by atoms with Crippen molar-refractivity contribution in [3.8, 4) is 0 Å². The number of rotatable bonds is 2. The summed E-state index contributed by atoms with van der Waals surface area (Å²) in [6, 6.07) is 3.93. The van der Waals surface area contributed by atoms with Gasteiger partial charge in [0, 0.05) is 25.7 Å². The summed E-state index contributed by atoms with van der Waals surface area (Å²) in [4.78, 5) is 23.9. The normalized spacial score (nSPS) is 28.9. The van der Waals surface area contributed by atoms with Gasteiger partial charge in [-0.15, -0.1) is 0 Å². The zero-order valence-electron chi connectivity index (χ0n) is 12.8. The van der Waals surface area contributed by atoms with Crippen molar-refractivity contribution >= 4 is 11.9 Å². The molecule has 0 radical (unpaired) electrons. The summed E-state index contributed by atoms with van der Waals surface area (Å²) in [5.74, 6) is -0.829. The third-order valence-electron chi connectivity index (χ3n) is 4.81. The van der Waals surface area contributed by atoms with Gasteiger partial charge in [-0.25, -0.2) is 0 Å². The van der Waals surface area contributed by atoms with Crippen LogP contribution in [0.3, 0.4) is 0 Å². The van der Waals surface area contributed by atoms with Crippen molar-refractivity contribution in [3.63, 3.8) is 0 Å². The first kappa shape index (κ1) is 15.0. The summed E-state index contributed by atoms with van der Waals surface area (Å²) < 4.78 is 9.64. The molecular formula is C16H20N2O4. The van der Waals surface area contributed by atoms with E-state index in [1.165, 1.54) is 14.2 Å². The molecule has 0 unspecified atom stereocenters. The van der Waals surface area contributed by atoms with E-state index in [2.05, 4.69) is 0 Å². The van der Waals surface area contributed by atoms with Gasteiger partial charge in [0.1, 0.15) is 11.1 Å². The topological polar surface area (TPSA) is 105 Å². The summed E-state index contributed by atoms with van der Waals surface area (Å²) in [5.41, 5.74) is 14.5. The zero-order chi connectivity index (χ0) is 16.1. The molecule has 2 aliphatic rings. The van der Waals surface area contributed by atoms with Crippen LogP contribution in [0.25, 0.3) is 0 Å². The van der Waals surface area contributed by atoms with E-state index >= 15 is 0 Å². The first-order valence-corrected chi connectivity index (χ1v) is 7.20. The van der Waals surface area contributed by atoms with Crippen LogP contribution in [0.1, 0.15) is 22.3 Å². The van der Waals surface area contributed by atoms with Crippen molar-refractivity contribution in [3.05, 3.63) is 34.4 Å². The second kappa shape index (κ2) is 4.79. The molecule has 0 heterocycles. The van der Waals surface area contributed by atoms with Gasteiger partial charge in [-0.2, -0.15) is 0 Å². The lowest BCUT2D eigenvalue weighted by Crippen LogP contribution is -2.50. The fraction of sp³-hybridized carbons (Fsp3) is 0.500. The maximum Gasteiger partial charge on any atom is 0.326 e. The number of ether oxygens (including phenoxy) is 2. The monoisotopic (exact) mass is 304 g/mol. The molecule has 0 spiro atoms. The van der Waals surface area contributed by atoms with Crippen LogP contribution in [0.5, 0.6) is 0 Å². The third-order valence-corrected chi connectivity index (χ3v) is 4.81. The minimum atomic E-state index is -1.03. The maximum atomic E-state index is 11.9. The average Bonchev–Trinajstić information content (AvgIpc) is 3.03. The standard InChI is InChI=1S/C16H20N2O4/c1-21-13(19)15(17)5-9-3-4-10-6-16(18,14(20)22-2)8-12(10)11(9)7-15/h3-4H,5-8,17-18H2,1-2H3/t15-,16-/m1/s1. The van der Waals surface area contributed by atoms with Crippen molar-refractivity contribution in [2.75, 3.05) is 14.2 Å². The number of carbonyl (C=O) groups excluding carboxylic acids is 2. The maximum absolute atomic E-state index is 11.9. The smallest absolute Gasteiger partial charge is 0.326 e. The predicted molar refractivity (Wildman–Crippen MR) is 79.1 cm³/mol. The Hall–Kier alpha value is -1.92. The Morgan fingerprint density at radius 2 is 1.23 bits per heavy atom. The zero-order valence-corrected chi connectivity index (χ0v) is 12.8. The quantitative estimate of drug-likeness (QED) is 0.722. The Bertz CT molecular complexity index is 615. The Kier molecular flexibility index (Phi) is 3.27. The summed E-state index contributed by atoms with van der Waals surface area (Å²) in [7, 11) is 2.68. The van der Waals surface area contributed by atoms with Crippen LogP contribution < -0.4 is 11.5 Å². The van der Waals surface area contributed by atoms with Crippen molar-refractivity contribution in [2.45, 2.75) is 36.8 Å². The van der Waals surface area contributed by atoms with E-state index in [4.69, 9.17) is 20.9 Å². The molecule has 0 fully saturated rings. The molecule has 6 heteroatoms. The van der Waals surface area contributed by atoms with Crippen LogP contribution in [0, 0.1) is 0 Å². The number of nitrogens with two attached hydrogens (primary N) is 2. The molecule has 1 aromatic rings. The molecule has 0 aliphatic heterocycles. The molecule has 0 amide bonds. The summed E-state index contributed by atoms with van der Waals surface area (Å²) >= 11 is 0. The molecule has 3 rings (SSSR count). The minimum absolute atomic E-state index is 0.412. The van der Waals surface area contributed by atoms with Crippen LogP contribution in [-0.2, 0) is 44.7 Å². The molecule has 0 aromatic heterocycles. The van der Waals surface area contributed by atoms with Gasteiger partial charge in [0.25, 0.3) is 0 Å². The first-order valence-electron chi connectivity index (χ1n) is 7.20. The van der Waals surface area contributed by atoms with Gasteiger partial charge in [-0.1, -0.05) is 12.1 Å². The number of fused-ring (bicyclic) bond motifs is 3. The number of esters is 2. The lowest BCUT2D eigenvalue weighted by atomic mass is 9.94. The molecule has 0 saturated carbocycles. The van der Waals surface area contributed by atoms with E-state index in [1.807, 2.05) is 12.1 Å². The number of benzene rings is 1. The molecule has 2 aliphatic carbocycles. The SMILES string of the molecule is COC(=O)[C@@]1(N)Cc2ccc3c(c2C1)C[C@@](N)(C(=O)OC)C3. The Morgan fingerprint density at radius 3 is 1.55 bits per heavy atom. The van der Waals surface area contributed by atoms with Crippen molar-refractivity contribution in [1.29, 1.82) is 0 Å². The molecule has 0 bridgehead atoms. The van der Waals surface area contributed by atoms with E-state index in [-0.39, 0.29) is 0 Å². The second-order valence-electron chi connectivity index (χ2n) is 6.34. The summed E-state index contributed by atoms with van der Waals surface area (Å²) in [5, 5.41) is 0. The van der Waals surface area contributed by atoms with Crippen LogP contribution >= 0.6 is 0 Å². The van der Waals surface area contributed by atoms with Gasteiger partial charge in [0.15, 0.2) is 0 Å². The van der Waals surface area contributed by atoms with E-state index in [1.54, 1.807) is 0 Å². The van der Waals surface area contributed by atoms with Crippen LogP contribution in [0.15, 0.2) is 12.1 Å². The van der Waals surface area contributed by atoms with Crippen molar-refractivity contribution in [1.82, 2.24) is 0 Å². The number of methoxy groups -OCH3 is 2. The molecule has 0 saturated heterocycles. The van der Waals surface area contributed by atoms with Gasteiger partial charge >= 0.3 is 11.9 Å². The van der Waals surface area contributed by atoms with Crippen LogP contribution in [-0.4, -0.2) is 37.2 Å². The Morgan fingerprint density at radius 1 is 0.864 bits per heavy atom. The summed E-state index contributed by atoms with van der Waals surface area (Å²) in [6.45, 7) is 0. The number of carbonyl (C=O) groups is 2. The highest BCUT2D eigenvalue weighted by Crippen LogP contribution is 2.39. The van der Waals surface area contributed by atoms with E-state index in [0.29, 0.717) is 25.7 Å². The fourth-order valence-electron chi connectivity index (χ4n) is 3.69. The molecule has 1 aromatic carbocycles. The van der Waals surface area contributed by atoms with Crippen LogP contribution in [0.2, 0.25) is 0 Å². The van der Waals surface area contributed by atoms with Crippen LogP contribution in [0.4, 0.5) is 0 Å². The van der Waals surface area contributed by atoms with E-state index in [0.717, 1.165) is 22.3 Å². The lowest BCUT2D eigenvalue weighted by molar-refractivity contribution is -0.147. The van der Waals surface area contributed by atoms with Gasteiger partial charge in [-0.3, -0.25) is 9.59 Å². The Balaban J connectivity index is 1.97. The Labute approximate surface area is 128 Å². The second-order valence-corrected chi connectivity index (χ2v) is 6.34. The third kappa shape index (κ3) is 2.02. The molecule has 4 N–H and O–H groups in total. The van der Waals surface area contributed by atoms with Gasteiger partial charge in [-0.05, 0) is 22.3 Å². The first-order chi connectivity index (χ1) is 10.3. The minimum Gasteiger partial charge on any atom is -0.468 e. The number of hydrogen-bond donors (Lipinski definition) is 2. The van der Waals surface area contributed by atoms with Crippen molar-refractivity contribution < 1.29 is 19.1 Å². The van der Waals surface area contributed by atoms with Gasteiger partial charge in [0.05, 0.1) is 14.2 Å². The highest BCUT2D eigenvalue weighted by molar-refractivity contribution is 5.85. The molecular weight excluding hydrogens is 284 g/mol. The summed E-state index contributed by atoms with van der Waals surface area (Å²) in [6.07, 6.45) is 1.71. The van der Waals surface area contributed by atoms with Gasteiger partial charge in [0.2, 0.25) is 0 Å². The van der Waals surface area contributed by atoms with E-state index < -0.39 is 23.0 Å². The molecule has 6 nitrogen and oxygen atoms in total. The highest BCUT2D eigenvalue weighted by Gasteiger charge is 2.47. The molecule has 118 valence electrons. The van der Waals surface area contributed by atoms with Crippen molar-refractivity contribution in [2.24, 2.45) is 11.5 Å². The number of hydrogen-bond acceptors (Lipinski definition) is 6. The average molecular weight is 304 g/mol. The molecule has 2 atom stereocenters. The lowest BCUT2D eigenvalue weighted by Gasteiger charge is -2.21. The van der Waals surface area contributed by atoms with Gasteiger partial charge < -0.3 is 20.9 Å². The molecule has 22 heavy (non-hydrogen) atoms. The predicted octanol–water partition coefficient (Wildman–Crippen LogP) is -0.375. The largest absolute Gasteiger partial charge is 0.468 e. The fourth-order valence-corrected chi connectivity index (χ4v) is 3.69. The van der Waals surface area contributed by atoms with E-state index in [9.17, 15) is 9.59 Å².